The van der Waals surface area contributed by atoms with Gasteiger partial charge < -0.3 is 9.47 Å². The molecule has 1 heterocycles. The topological polar surface area (TPSA) is 65.5 Å². The van der Waals surface area contributed by atoms with Crippen LogP contribution in [0.15, 0.2) is 42.5 Å². The Bertz CT molecular complexity index is 1120. The molecule has 2 atom stereocenters. The van der Waals surface area contributed by atoms with Crippen LogP contribution in [-0.2, 0) is 19.1 Å². The summed E-state index contributed by atoms with van der Waals surface area (Å²) < 4.78 is 10.8. The minimum Gasteiger partial charge on any atom is -0.454 e. The van der Waals surface area contributed by atoms with Gasteiger partial charge in [0.1, 0.15) is 0 Å². The lowest BCUT2D eigenvalue weighted by molar-refractivity contribution is -0.162. The van der Waals surface area contributed by atoms with Gasteiger partial charge in [0.2, 0.25) is 0 Å². The third kappa shape index (κ3) is 2.95. The van der Waals surface area contributed by atoms with Crippen molar-refractivity contribution in [2.45, 2.75) is 33.0 Å². The van der Waals surface area contributed by atoms with Gasteiger partial charge in [-0.05, 0) is 24.6 Å². The molecule has 0 aliphatic heterocycles. The molecule has 0 bridgehead atoms. The highest BCUT2D eigenvalue weighted by Gasteiger charge is 2.32. The number of pyridine rings is 1. The lowest BCUT2D eigenvalue weighted by Crippen LogP contribution is -2.28. The Morgan fingerprint density at radius 1 is 0.963 bits per heavy atom. The number of hydrogen-bond donors (Lipinski definition) is 0. The van der Waals surface area contributed by atoms with Gasteiger partial charge in [-0.1, -0.05) is 36.4 Å². The van der Waals surface area contributed by atoms with Gasteiger partial charge in [0, 0.05) is 35.7 Å². The summed E-state index contributed by atoms with van der Waals surface area (Å²) in [7, 11) is 0. The quantitative estimate of drug-likeness (QED) is 0.504. The third-order valence-electron chi connectivity index (χ3n) is 4.85. The molecule has 4 rings (SSSR count). The maximum Gasteiger partial charge on any atom is 0.303 e. The molecule has 0 saturated carbocycles. The summed E-state index contributed by atoms with van der Waals surface area (Å²) in [5.41, 5.74) is 4.58. The zero-order valence-corrected chi connectivity index (χ0v) is 15.4. The van der Waals surface area contributed by atoms with E-state index in [1.54, 1.807) is 6.08 Å². The van der Waals surface area contributed by atoms with Crippen molar-refractivity contribution in [3.8, 4) is 0 Å². The maximum atomic E-state index is 11.6. The van der Waals surface area contributed by atoms with Crippen molar-refractivity contribution >= 4 is 39.8 Å². The zero-order chi connectivity index (χ0) is 19.1. The Morgan fingerprint density at radius 3 is 2.44 bits per heavy atom. The van der Waals surface area contributed by atoms with Gasteiger partial charge in [0.05, 0.1) is 11.0 Å². The van der Waals surface area contributed by atoms with Crippen molar-refractivity contribution in [3.63, 3.8) is 0 Å². The van der Waals surface area contributed by atoms with Crippen LogP contribution >= 0.6 is 0 Å². The molecule has 3 aromatic rings. The lowest BCUT2D eigenvalue weighted by atomic mass is 9.89. The molecule has 0 unspecified atom stereocenters. The number of carbonyl (C=O) groups excluding carboxylic acids is 2. The fourth-order valence-corrected chi connectivity index (χ4v) is 3.69. The Hall–Kier alpha value is -3.21. The highest BCUT2D eigenvalue weighted by Crippen LogP contribution is 2.38. The van der Waals surface area contributed by atoms with E-state index < -0.39 is 24.1 Å². The number of nitrogens with zero attached hydrogens (tertiary/aromatic N) is 1. The first-order chi connectivity index (χ1) is 13.0. The van der Waals surface area contributed by atoms with E-state index in [2.05, 4.69) is 13.0 Å². The molecule has 2 aromatic carbocycles. The van der Waals surface area contributed by atoms with Crippen molar-refractivity contribution in [2.75, 3.05) is 0 Å². The van der Waals surface area contributed by atoms with Crippen LogP contribution in [-0.4, -0.2) is 23.0 Å². The van der Waals surface area contributed by atoms with Crippen molar-refractivity contribution in [2.24, 2.45) is 0 Å². The Kier molecular flexibility index (Phi) is 4.15. The first kappa shape index (κ1) is 17.2. The molecular weight excluding hydrogens is 342 g/mol. The fourth-order valence-electron chi connectivity index (χ4n) is 3.69. The van der Waals surface area contributed by atoms with Crippen LogP contribution in [0.25, 0.3) is 27.9 Å². The van der Waals surface area contributed by atoms with Gasteiger partial charge in [0.15, 0.2) is 12.2 Å². The molecule has 1 aliphatic carbocycles. The first-order valence-corrected chi connectivity index (χ1v) is 8.80. The largest absolute Gasteiger partial charge is 0.454 e. The van der Waals surface area contributed by atoms with Crippen LogP contribution in [0.3, 0.4) is 0 Å². The normalized spacial score (nSPS) is 18.3. The van der Waals surface area contributed by atoms with Gasteiger partial charge in [0.25, 0.3) is 0 Å². The number of aryl methyl sites for hydroxylation is 1. The number of benzene rings is 2. The number of aromatic nitrogens is 1. The SMILES string of the molecule is CC(=O)O[C@@H]1c2ccc3c(C)c4ccccc4nc3c2C=C[C@H]1OC(C)=O. The zero-order valence-electron chi connectivity index (χ0n) is 15.4. The Labute approximate surface area is 156 Å². The molecule has 5 nitrogen and oxygen atoms in total. The smallest absolute Gasteiger partial charge is 0.303 e. The van der Waals surface area contributed by atoms with Crippen molar-refractivity contribution in [1.82, 2.24) is 4.98 Å². The van der Waals surface area contributed by atoms with Crippen molar-refractivity contribution < 1.29 is 19.1 Å². The minimum absolute atomic E-state index is 0.425. The summed E-state index contributed by atoms with van der Waals surface area (Å²) in [6.07, 6.45) is 2.30. The third-order valence-corrected chi connectivity index (χ3v) is 4.85. The molecule has 0 amide bonds. The standard InChI is InChI=1S/C22H19NO4/c1-12-15-6-4-5-7-19(15)23-21-16(12)8-9-18-17(21)10-11-20(26-13(2)24)22(18)27-14(3)25/h4-11,20,22H,1-3H3/t20-,22-/m1/s1. The average molecular weight is 361 g/mol. The molecule has 5 heteroatoms. The van der Waals surface area contributed by atoms with Gasteiger partial charge in [-0.25, -0.2) is 4.98 Å². The minimum atomic E-state index is -0.690. The second-order valence-corrected chi connectivity index (χ2v) is 6.68. The Morgan fingerprint density at radius 2 is 1.70 bits per heavy atom. The van der Waals surface area contributed by atoms with E-state index in [1.807, 2.05) is 36.4 Å². The van der Waals surface area contributed by atoms with E-state index in [4.69, 9.17) is 14.5 Å². The van der Waals surface area contributed by atoms with Crippen LogP contribution in [0.2, 0.25) is 0 Å². The van der Waals surface area contributed by atoms with Crippen LogP contribution in [0.4, 0.5) is 0 Å². The predicted octanol–water partition coefficient (Wildman–Crippen LogP) is 4.26. The number of fused-ring (bicyclic) bond motifs is 4. The molecule has 27 heavy (non-hydrogen) atoms. The Balaban J connectivity index is 1.95. The van der Waals surface area contributed by atoms with E-state index in [-0.39, 0.29) is 0 Å². The first-order valence-electron chi connectivity index (χ1n) is 8.80. The number of ether oxygens (including phenoxy) is 2. The number of hydrogen-bond acceptors (Lipinski definition) is 5. The average Bonchev–Trinajstić information content (AvgIpc) is 2.63. The summed E-state index contributed by atoms with van der Waals surface area (Å²) in [6, 6.07) is 11.9. The second kappa shape index (κ2) is 6.50. The van der Waals surface area contributed by atoms with Gasteiger partial charge >= 0.3 is 11.9 Å². The summed E-state index contributed by atoms with van der Waals surface area (Å²) in [5.74, 6) is -0.854. The van der Waals surface area contributed by atoms with Gasteiger partial charge in [-0.3, -0.25) is 9.59 Å². The molecule has 0 spiro atoms. The van der Waals surface area contributed by atoms with Gasteiger partial charge in [-0.15, -0.1) is 0 Å². The molecule has 1 aromatic heterocycles. The summed E-state index contributed by atoms with van der Waals surface area (Å²) in [6.45, 7) is 4.77. The predicted molar refractivity (Wildman–Crippen MR) is 103 cm³/mol. The summed E-state index contributed by atoms with van der Waals surface area (Å²) >= 11 is 0. The molecule has 0 N–H and O–H groups in total. The highest BCUT2D eigenvalue weighted by molar-refractivity contribution is 6.01. The van der Waals surface area contributed by atoms with E-state index >= 15 is 0 Å². The number of carbonyl (C=O) groups is 2. The van der Waals surface area contributed by atoms with Crippen LogP contribution in [0.5, 0.6) is 0 Å². The van der Waals surface area contributed by atoms with E-state index in [0.717, 1.165) is 38.5 Å². The van der Waals surface area contributed by atoms with Crippen LogP contribution in [0.1, 0.15) is 36.6 Å². The van der Waals surface area contributed by atoms with E-state index in [0.29, 0.717) is 0 Å². The number of rotatable bonds is 2. The van der Waals surface area contributed by atoms with Crippen LogP contribution < -0.4 is 0 Å². The highest BCUT2D eigenvalue weighted by atomic mass is 16.6. The molecule has 136 valence electrons. The maximum absolute atomic E-state index is 11.6. The number of para-hydroxylation sites is 1. The summed E-state index contributed by atoms with van der Waals surface area (Å²) in [5, 5.41) is 2.16. The molecule has 0 saturated heterocycles. The molecule has 0 radical (unpaired) electrons. The summed E-state index contributed by atoms with van der Waals surface area (Å²) in [4.78, 5) is 27.9. The second-order valence-electron chi connectivity index (χ2n) is 6.68. The van der Waals surface area contributed by atoms with Crippen molar-refractivity contribution in [3.05, 3.63) is 59.2 Å². The number of esters is 2. The molecule has 1 aliphatic rings. The molecule has 0 fully saturated rings. The molecular formula is C22H19NO4. The van der Waals surface area contributed by atoms with E-state index in [1.165, 1.54) is 13.8 Å². The van der Waals surface area contributed by atoms with E-state index in [9.17, 15) is 9.59 Å². The van der Waals surface area contributed by atoms with Gasteiger partial charge in [-0.2, -0.15) is 0 Å². The van der Waals surface area contributed by atoms with Crippen molar-refractivity contribution in [1.29, 1.82) is 0 Å². The fraction of sp³-hybridized carbons (Fsp3) is 0.227. The van der Waals surface area contributed by atoms with Crippen LogP contribution in [0, 0.1) is 6.92 Å². The monoisotopic (exact) mass is 361 g/mol. The lowest BCUT2D eigenvalue weighted by Gasteiger charge is -2.29.